The minimum Gasteiger partial charge on any atom is -0.444 e. The van der Waals surface area contributed by atoms with Gasteiger partial charge in [0.2, 0.25) is 5.95 Å². The molecule has 0 fully saturated rings. The minimum absolute atomic E-state index is 0.172. The van der Waals surface area contributed by atoms with E-state index in [4.69, 9.17) is 21.3 Å². The number of hydrogen-bond donors (Lipinski definition) is 1. The average Bonchev–Trinajstić information content (AvgIpc) is 2.77. The van der Waals surface area contributed by atoms with Gasteiger partial charge < -0.3 is 15.0 Å². The van der Waals surface area contributed by atoms with Crippen molar-refractivity contribution in [2.45, 2.75) is 66.2 Å². The molecule has 0 spiro atoms. The fraction of sp³-hybridized carbons (Fsp3) is 0.500. The number of carbonyl (C=O) groups excluding carboxylic acids is 1. The predicted molar refractivity (Wildman–Crippen MR) is 135 cm³/mol. The van der Waals surface area contributed by atoms with Crippen molar-refractivity contribution in [3.05, 3.63) is 56.5 Å². The monoisotopic (exact) mass is 484 g/mol. The molecule has 1 aliphatic rings. The van der Waals surface area contributed by atoms with Crippen LogP contribution in [0.4, 0.5) is 10.7 Å². The van der Waals surface area contributed by atoms with E-state index in [9.17, 15) is 9.59 Å². The Balaban J connectivity index is 1.78. The fourth-order valence-electron chi connectivity index (χ4n) is 3.80. The summed E-state index contributed by atoms with van der Waals surface area (Å²) in [6.07, 6.45) is 0.952. The molecule has 0 saturated heterocycles. The summed E-state index contributed by atoms with van der Waals surface area (Å²) in [5, 5.41) is 4.08. The zero-order valence-electron chi connectivity index (χ0n) is 20.6. The normalized spacial score (nSPS) is 14.0. The molecular weight excluding hydrogens is 452 g/mol. The molecular formula is C26H33ClN4O3. The first-order valence-electron chi connectivity index (χ1n) is 11.6. The highest BCUT2D eigenvalue weighted by atomic mass is 35.5. The van der Waals surface area contributed by atoms with Crippen LogP contribution in [-0.2, 0) is 30.7 Å². The van der Waals surface area contributed by atoms with Gasteiger partial charge in [0.25, 0.3) is 5.56 Å². The molecule has 0 aliphatic carbocycles. The number of aromatic nitrogens is 2. The van der Waals surface area contributed by atoms with Gasteiger partial charge in [0, 0.05) is 24.5 Å². The first kappa shape index (κ1) is 25.6. The van der Waals surface area contributed by atoms with Crippen molar-refractivity contribution in [2.24, 2.45) is 5.92 Å². The SMILES string of the molecule is CC#CCn1c(NC[C@@H](C)Cc2ccc(Cl)cc2)nc2c(c1=O)CN(C(=O)OC(C)(C)C)CC2. The second-order valence-electron chi connectivity index (χ2n) is 9.65. The molecule has 8 heteroatoms. The maximum atomic E-state index is 13.4. The van der Waals surface area contributed by atoms with Gasteiger partial charge in [-0.2, -0.15) is 0 Å². The van der Waals surface area contributed by atoms with Crippen molar-refractivity contribution in [3.8, 4) is 11.8 Å². The summed E-state index contributed by atoms with van der Waals surface area (Å²) in [4.78, 5) is 32.3. The highest BCUT2D eigenvalue weighted by Crippen LogP contribution is 2.20. The molecule has 0 radical (unpaired) electrons. The summed E-state index contributed by atoms with van der Waals surface area (Å²) < 4.78 is 7.05. The first-order chi connectivity index (χ1) is 16.1. The number of rotatable bonds is 6. The van der Waals surface area contributed by atoms with Crippen LogP contribution < -0.4 is 10.9 Å². The van der Waals surface area contributed by atoms with Gasteiger partial charge in [-0.25, -0.2) is 9.78 Å². The number of ether oxygens (including phenoxy) is 1. The zero-order chi connectivity index (χ0) is 24.9. The van der Waals surface area contributed by atoms with Crippen molar-refractivity contribution in [1.82, 2.24) is 14.5 Å². The number of halogens is 1. The van der Waals surface area contributed by atoms with Crippen LogP contribution in [0.15, 0.2) is 29.1 Å². The quantitative estimate of drug-likeness (QED) is 0.611. The molecule has 1 aromatic carbocycles. The summed E-state index contributed by atoms with van der Waals surface area (Å²) >= 11 is 5.98. The average molecular weight is 485 g/mol. The maximum Gasteiger partial charge on any atom is 0.410 e. The molecule has 1 aromatic heterocycles. The van der Waals surface area contributed by atoms with E-state index in [0.29, 0.717) is 36.9 Å². The van der Waals surface area contributed by atoms with Crippen LogP contribution in [-0.4, -0.2) is 39.2 Å². The molecule has 3 rings (SSSR count). The molecule has 7 nitrogen and oxygen atoms in total. The Morgan fingerprint density at radius 1 is 1.29 bits per heavy atom. The Bertz CT molecular complexity index is 1140. The molecule has 0 bridgehead atoms. The molecule has 1 amide bonds. The number of amides is 1. The van der Waals surface area contributed by atoms with Crippen LogP contribution in [0.1, 0.15) is 51.4 Å². The van der Waals surface area contributed by atoms with E-state index in [0.717, 1.165) is 17.1 Å². The molecule has 1 N–H and O–H groups in total. The smallest absolute Gasteiger partial charge is 0.410 e. The predicted octanol–water partition coefficient (Wildman–Crippen LogP) is 4.50. The van der Waals surface area contributed by atoms with Crippen LogP contribution in [0, 0.1) is 17.8 Å². The first-order valence-corrected chi connectivity index (χ1v) is 11.9. The van der Waals surface area contributed by atoms with Crippen molar-refractivity contribution in [2.75, 3.05) is 18.4 Å². The number of fused-ring (bicyclic) bond motifs is 1. The van der Waals surface area contributed by atoms with Gasteiger partial charge in [0.15, 0.2) is 0 Å². The van der Waals surface area contributed by atoms with Crippen LogP contribution >= 0.6 is 11.6 Å². The van der Waals surface area contributed by atoms with Crippen molar-refractivity contribution in [1.29, 1.82) is 0 Å². The van der Waals surface area contributed by atoms with Gasteiger partial charge in [-0.3, -0.25) is 9.36 Å². The standard InChI is InChI=1S/C26H33ClN4O3/c1-6-7-13-31-23(32)21-17-30(25(33)34-26(3,4)5)14-12-22(21)29-24(31)28-16-18(2)15-19-8-10-20(27)11-9-19/h8-11,18H,12-17H2,1-5H3,(H,28,29)/t18-/m0/s1. The minimum atomic E-state index is -0.594. The molecule has 0 saturated carbocycles. The zero-order valence-corrected chi connectivity index (χ0v) is 21.3. The van der Waals surface area contributed by atoms with E-state index in [-0.39, 0.29) is 18.6 Å². The van der Waals surface area contributed by atoms with E-state index in [1.165, 1.54) is 5.56 Å². The molecule has 1 atom stereocenters. The van der Waals surface area contributed by atoms with E-state index >= 15 is 0 Å². The molecule has 2 aromatic rings. The molecule has 2 heterocycles. The lowest BCUT2D eigenvalue weighted by atomic mass is 10.0. The Morgan fingerprint density at radius 3 is 2.65 bits per heavy atom. The number of nitrogens with zero attached hydrogens (tertiary/aromatic N) is 3. The number of carbonyl (C=O) groups is 1. The fourth-order valence-corrected chi connectivity index (χ4v) is 3.92. The number of nitrogens with one attached hydrogen (secondary N) is 1. The summed E-state index contributed by atoms with van der Waals surface area (Å²) in [7, 11) is 0. The van der Waals surface area contributed by atoms with Crippen LogP contribution in [0.5, 0.6) is 0 Å². The van der Waals surface area contributed by atoms with E-state index in [1.807, 2.05) is 45.0 Å². The van der Waals surface area contributed by atoms with E-state index in [1.54, 1.807) is 16.4 Å². The molecule has 1 aliphatic heterocycles. The lowest BCUT2D eigenvalue weighted by Crippen LogP contribution is -2.43. The van der Waals surface area contributed by atoms with Crippen LogP contribution in [0.3, 0.4) is 0 Å². The van der Waals surface area contributed by atoms with Gasteiger partial charge in [0.1, 0.15) is 5.60 Å². The largest absolute Gasteiger partial charge is 0.444 e. The van der Waals surface area contributed by atoms with E-state index < -0.39 is 11.7 Å². The Morgan fingerprint density at radius 2 is 2.00 bits per heavy atom. The third-order valence-corrected chi connectivity index (χ3v) is 5.74. The highest BCUT2D eigenvalue weighted by molar-refractivity contribution is 6.30. The molecule has 34 heavy (non-hydrogen) atoms. The summed E-state index contributed by atoms with van der Waals surface area (Å²) in [6.45, 7) is 10.9. The third-order valence-electron chi connectivity index (χ3n) is 5.49. The number of benzene rings is 1. The summed E-state index contributed by atoms with van der Waals surface area (Å²) in [6, 6.07) is 7.84. The molecule has 182 valence electrons. The van der Waals surface area contributed by atoms with Gasteiger partial charge in [-0.05, 0) is 57.7 Å². The second-order valence-corrected chi connectivity index (χ2v) is 10.1. The van der Waals surface area contributed by atoms with Gasteiger partial charge in [0.05, 0.1) is 24.3 Å². The van der Waals surface area contributed by atoms with Crippen LogP contribution in [0.25, 0.3) is 0 Å². The van der Waals surface area contributed by atoms with Crippen LogP contribution in [0.2, 0.25) is 5.02 Å². The number of anilines is 1. The lowest BCUT2D eigenvalue weighted by molar-refractivity contribution is 0.0221. The maximum absolute atomic E-state index is 13.4. The Hall–Kier alpha value is -2.98. The summed E-state index contributed by atoms with van der Waals surface area (Å²) in [5.74, 6) is 6.63. The second kappa shape index (κ2) is 11.0. The lowest BCUT2D eigenvalue weighted by Gasteiger charge is -2.31. The topological polar surface area (TPSA) is 76.5 Å². The summed E-state index contributed by atoms with van der Waals surface area (Å²) in [5.41, 5.74) is 1.68. The van der Waals surface area contributed by atoms with Gasteiger partial charge in [-0.1, -0.05) is 36.6 Å². The van der Waals surface area contributed by atoms with Crippen molar-refractivity contribution in [3.63, 3.8) is 0 Å². The van der Waals surface area contributed by atoms with Crippen molar-refractivity contribution < 1.29 is 9.53 Å². The van der Waals surface area contributed by atoms with E-state index in [2.05, 4.69) is 24.1 Å². The Kier molecular flexibility index (Phi) is 8.27. The van der Waals surface area contributed by atoms with Gasteiger partial charge in [-0.15, -0.1) is 5.92 Å². The van der Waals surface area contributed by atoms with Crippen molar-refractivity contribution >= 4 is 23.6 Å². The highest BCUT2D eigenvalue weighted by Gasteiger charge is 2.29. The van der Waals surface area contributed by atoms with Gasteiger partial charge >= 0.3 is 6.09 Å². The number of hydrogen-bond acceptors (Lipinski definition) is 5. The Labute approximate surface area is 206 Å². The molecule has 0 unspecified atom stereocenters. The third kappa shape index (κ3) is 6.77.